The molecule has 198 valence electrons. The molecular formula is C33H37NO4. The number of ketones is 1. The molecule has 1 fully saturated rings. The van der Waals surface area contributed by atoms with Gasteiger partial charge in [-0.1, -0.05) is 68.8 Å². The van der Waals surface area contributed by atoms with Crippen molar-refractivity contribution in [3.05, 3.63) is 105 Å². The summed E-state index contributed by atoms with van der Waals surface area (Å²) in [5.41, 5.74) is 6.41. The third-order valence-corrected chi connectivity index (χ3v) is 7.23. The first-order chi connectivity index (χ1) is 17.9. The number of aryl methyl sites for hydroxylation is 3. The average Bonchev–Trinajstić information content (AvgIpc) is 3.11. The Bertz CT molecular complexity index is 1410. The van der Waals surface area contributed by atoms with E-state index in [0.29, 0.717) is 17.9 Å². The zero-order chi connectivity index (χ0) is 27.8. The van der Waals surface area contributed by atoms with Gasteiger partial charge in [0.2, 0.25) is 0 Å². The van der Waals surface area contributed by atoms with Crippen molar-refractivity contribution < 1.29 is 19.4 Å². The molecule has 0 aliphatic carbocycles. The maximum Gasteiger partial charge on any atom is 0.295 e. The van der Waals surface area contributed by atoms with Crippen molar-refractivity contribution in [3.8, 4) is 5.75 Å². The minimum Gasteiger partial charge on any atom is -0.507 e. The molecule has 1 aliphatic rings. The number of ether oxygens (including phenoxy) is 1. The molecule has 1 heterocycles. The molecule has 1 amide bonds. The van der Waals surface area contributed by atoms with Gasteiger partial charge in [-0.3, -0.25) is 9.59 Å². The van der Waals surface area contributed by atoms with Gasteiger partial charge in [0.05, 0.1) is 18.2 Å². The van der Waals surface area contributed by atoms with Crippen LogP contribution in [0.15, 0.2) is 66.2 Å². The van der Waals surface area contributed by atoms with Crippen LogP contribution in [0.4, 0.5) is 0 Å². The van der Waals surface area contributed by atoms with E-state index in [9.17, 15) is 14.7 Å². The lowest BCUT2D eigenvalue weighted by Gasteiger charge is -2.27. The van der Waals surface area contributed by atoms with Gasteiger partial charge in [0.15, 0.2) is 0 Å². The highest BCUT2D eigenvalue weighted by Crippen LogP contribution is 2.41. The van der Waals surface area contributed by atoms with Gasteiger partial charge in [-0.25, -0.2) is 0 Å². The van der Waals surface area contributed by atoms with Gasteiger partial charge in [0.25, 0.3) is 11.7 Å². The van der Waals surface area contributed by atoms with Crippen molar-refractivity contribution >= 4 is 17.4 Å². The highest BCUT2D eigenvalue weighted by Gasteiger charge is 2.46. The van der Waals surface area contributed by atoms with Gasteiger partial charge in [0.1, 0.15) is 11.5 Å². The Balaban J connectivity index is 1.87. The number of rotatable bonds is 6. The molecule has 0 bridgehead atoms. The van der Waals surface area contributed by atoms with Crippen LogP contribution >= 0.6 is 0 Å². The lowest BCUT2D eigenvalue weighted by atomic mass is 9.85. The van der Waals surface area contributed by atoms with Gasteiger partial charge >= 0.3 is 0 Å². The number of likely N-dealkylation sites (tertiary alicyclic amines) is 1. The van der Waals surface area contributed by atoms with Crippen molar-refractivity contribution in [2.24, 2.45) is 0 Å². The predicted molar refractivity (Wildman–Crippen MR) is 151 cm³/mol. The summed E-state index contributed by atoms with van der Waals surface area (Å²) in [5, 5.41) is 11.5. The van der Waals surface area contributed by atoms with Crippen molar-refractivity contribution in [1.29, 1.82) is 0 Å². The van der Waals surface area contributed by atoms with E-state index in [4.69, 9.17) is 4.74 Å². The number of aliphatic hydroxyl groups excluding tert-OH is 1. The molecule has 0 radical (unpaired) electrons. The first kappa shape index (κ1) is 27.2. The molecule has 4 rings (SSSR count). The fourth-order valence-electron chi connectivity index (χ4n) is 4.98. The summed E-state index contributed by atoms with van der Waals surface area (Å²) < 4.78 is 5.64. The van der Waals surface area contributed by atoms with Crippen LogP contribution in [-0.4, -0.2) is 28.3 Å². The number of nitrogens with zero attached hydrogens (tertiary/aromatic N) is 1. The van der Waals surface area contributed by atoms with Crippen LogP contribution in [0.25, 0.3) is 5.76 Å². The Morgan fingerprint density at radius 1 is 0.921 bits per heavy atom. The Labute approximate surface area is 225 Å². The Hall–Kier alpha value is -3.86. The van der Waals surface area contributed by atoms with E-state index < -0.39 is 17.7 Å². The van der Waals surface area contributed by atoms with Crippen molar-refractivity contribution in [2.45, 2.75) is 66.5 Å². The molecule has 1 aliphatic heterocycles. The standard InChI is InChI=1S/C33H37NO4/c1-8-38-27-16-13-24(18-22(27)4)30(35)28-29(23-11-14-26(15-12-23)33(5,6)7)34(32(37)31(28)36)19-25-17-20(2)9-10-21(25)3/h9-18,29,35H,8,19H2,1-7H3/b30-28-. The molecule has 3 aromatic rings. The zero-order valence-corrected chi connectivity index (χ0v) is 23.4. The number of aliphatic hydroxyl groups is 1. The summed E-state index contributed by atoms with van der Waals surface area (Å²) in [7, 11) is 0. The maximum absolute atomic E-state index is 13.5. The molecule has 5 heteroatoms. The Morgan fingerprint density at radius 2 is 1.61 bits per heavy atom. The SMILES string of the molecule is CCOc1ccc(/C(O)=C2/C(=O)C(=O)N(Cc3cc(C)ccc3C)C2c2ccc(C(C)(C)C)cc2)cc1C. The summed E-state index contributed by atoms with van der Waals surface area (Å²) in [6.45, 7) is 15.0. The van der Waals surface area contributed by atoms with Gasteiger partial charge in [0, 0.05) is 12.1 Å². The van der Waals surface area contributed by atoms with Gasteiger partial charge in [-0.15, -0.1) is 0 Å². The van der Waals surface area contributed by atoms with E-state index in [1.165, 1.54) is 0 Å². The van der Waals surface area contributed by atoms with Gasteiger partial charge in [-0.2, -0.15) is 0 Å². The molecular weight excluding hydrogens is 474 g/mol. The number of benzene rings is 3. The number of amides is 1. The third kappa shape index (κ3) is 5.24. The smallest absolute Gasteiger partial charge is 0.295 e. The summed E-state index contributed by atoms with van der Waals surface area (Å²) in [6.07, 6.45) is 0. The molecule has 1 N–H and O–H groups in total. The normalized spacial score (nSPS) is 17.2. The molecule has 38 heavy (non-hydrogen) atoms. The first-order valence-electron chi connectivity index (χ1n) is 13.1. The molecule has 3 aromatic carbocycles. The van der Waals surface area contributed by atoms with Crippen LogP contribution in [0.5, 0.6) is 5.75 Å². The predicted octanol–water partition coefficient (Wildman–Crippen LogP) is 6.93. The van der Waals surface area contributed by atoms with Crippen LogP contribution in [0, 0.1) is 20.8 Å². The van der Waals surface area contributed by atoms with Gasteiger partial charge in [-0.05, 0) is 79.1 Å². The number of carbonyl (C=O) groups is 2. The van der Waals surface area contributed by atoms with Gasteiger partial charge < -0.3 is 14.7 Å². The zero-order valence-electron chi connectivity index (χ0n) is 23.4. The van der Waals surface area contributed by atoms with E-state index in [2.05, 4.69) is 20.8 Å². The minimum absolute atomic E-state index is 0.0428. The van der Waals surface area contributed by atoms with Crippen molar-refractivity contribution in [2.75, 3.05) is 6.61 Å². The first-order valence-corrected chi connectivity index (χ1v) is 13.1. The lowest BCUT2D eigenvalue weighted by Crippen LogP contribution is -2.29. The quantitative estimate of drug-likeness (QED) is 0.221. The second-order valence-electron chi connectivity index (χ2n) is 11.1. The third-order valence-electron chi connectivity index (χ3n) is 7.23. The van der Waals surface area contributed by atoms with E-state index >= 15 is 0 Å². The summed E-state index contributed by atoms with van der Waals surface area (Å²) in [6, 6.07) is 18.7. The molecule has 0 saturated carbocycles. The maximum atomic E-state index is 13.5. The fraction of sp³-hybridized carbons (Fsp3) is 0.333. The van der Waals surface area contributed by atoms with Crippen LogP contribution < -0.4 is 4.74 Å². The van der Waals surface area contributed by atoms with Crippen molar-refractivity contribution in [3.63, 3.8) is 0 Å². The highest BCUT2D eigenvalue weighted by atomic mass is 16.5. The van der Waals surface area contributed by atoms with E-state index in [1.807, 2.05) is 70.2 Å². The van der Waals surface area contributed by atoms with E-state index in [0.717, 1.165) is 33.4 Å². The number of hydrogen-bond acceptors (Lipinski definition) is 4. The molecule has 1 atom stereocenters. The number of carbonyl (C=O) groups excluding carboxylic acids is 2. The van der Waals surface area contributed by atoms with E-state index in [1.54, 1.807) is 23.1 Å². The van der Waals surface area contributed by atoms with Crippen LogP contribution in [-0.2, 0) is 21.5 Å². The molecule has 1 unspecified atom stereocenters. The average molecular weight is 512 g/mol. The van der Waals surface area contributed by atoms with Crippen LogP contribution in [0.3, 0.4) is 0 Å². The van der Waals surface area contributed by atoms with Crippen LogP contribution in [0.2, 0.25) is 0 Å². The Kier molecular flexibility index (Phi) is 7.50. The summed E-state index contributed by atoms with van der Waals surface area (Å²) in [4.78, 5) is 28.6. The second kappa shape index (κ2) is 10.5. The number of Topliss-reactive ketones (excluding diaryl/α,β-unsaturated/α-hetero) is 1. The topological polar surface area (TPSA) is 66.8 Å². The number of hydrogen-bond donors (Lipinski definition) is 1. The second-order valence-corrected chi connectivity index (χ2v) is 11.1. The largest absolute Gasteiger partial charge is 0.507 e. The molecule has 0 aromatic heterocycles. The summed E-state index contributed by atoms with van der Waals surface area (Å²) in [5.74, 6) is -0.749. The van der Waals surface area contributed by atoms with Crippen molar-refractivity contribution in [1.82, 2.24) is 4.90 Å². The highest BCUT2D eigenvalue weighted by molar-refractivity contribution is 6.46. The van der Waals surface area contributed by atoms with Crippen LogP contribution in [0.1, 0.15) is 72.7 Å². The molecule has 0 spiro atoms. The van der Waals surface area contributed by atoms with E-state index in [-0.39, 0.29) is 23.3 Å². The monoisotopic (exact) mass is 511 g/mol. The summed E-state index contributed by atoms with van der Waals surface area (Å²) >= 11 is 0. The fourth-order valence-corrected chi connectivity index (χ4v) is 4.98. The molecule has 5 nitrogen and oxygen atoms in total. The molecule has 1 saturated heterocycles. The minimum atomic E-state index is -0.712. The Morgan fingerprint density at radius 3 is 2.21 bits per heavy atom. The lowest BCUT2D eigenvalue weighted by molar-refractivity contribution is -0.140.